The lowest BCUT2D eigenvalue weighted by Crippen LogP contribution is -2.44. The molecule has 0 radical (unpaired) electrons. The van der Waals surface area contributed by atoms with Gasteiger partial charge in [0.25, 0.3) is 11.6 Å². The van der Waals surface area contributed by atoms with Crippen LogP contribution in [-0.4, -0.2) is 34.9 Å². The van der Waals surface area contributed by atoms with Gasteiger partial charge in [0.15, 0.2) is 0 Å². The third-order valence-electron chi connectivity index (χ3n) is 4.77. The van der Waals surface area contributed by atoms with Crippen LogP contribution in [0.15, 0.2) is 35.7 Å². The third kappa shape index (κ3) is 4.23. The van der Waals surface area contributed by atoms with E-state index in [2.05, 4.69) is 35.5 Å². The number of nitro groups is 1. The van der Waals surface area contributed by atoms with Crippen LogP contribution in [0.4, 0.5) is 5.69 Å². The Labute approximate surface area is 162 Å². The predicted molar refractivity (Wildman–Crippen MR) is 105 cm³/mol. The highest BCUT2D eigenvalue weighted by Gasteiger charge is 2.29. The number of hydrogen-bond donors (Lipinski definition) is 1. The van der Waals surface area contributed by atoms with Crippen molar-refractivity contribution in [3.8, 4) is 0 Å². The second-order valence-corrected chi connectivity index (χ2v) is 7.33. The molecular weight excluding hydrogens is 374 g/mol. The van der Waals surface area contributed by atoms with Crippen molar-refractivity contribution in [2.75, 3.05) is 13.1 Å². The van der Waals surface area contributed by atoms with Crippen LogP contribution >= 0.6 is 23.7 Å². The Hall–Kier alpha value is -1.96. The third-order valence-corrected chi connectivity index (χ3v) is 5.73. The van der Waals surface area contributed by atoms with Crippen molar-refractivity contribution in [3.05, 3.63) is 61.8 Å². The van der Waals surface area contributed by atoms with Crippen molar-refractivity contribution in [2.45, 2.75) is 32.4 Å². The van der Waals surface area contributed by atoms with E-state index >= 15 is 0 Å². The van der Waals surface area contributed by atoms with Gasteiger partial charge < -0.3 is 5.32 Å². The minimum atomic E-state index is -0.473. The lowest BCUT2D eigenvalue weighted by molar-refractivity contribution is -0.384. The molecule has 1 amide bonds. The molecule has 0 bridgehead atoms. The fourth-order valence-electron chi connectivity index (χ4n) is 3.38. The van der Waals surface area contributed by atoms with Gasteiger partial charge in [0.05, 0.1) is 4.92 Å². The Bertz CT molecular complexity index is 778. The van der Waals surface area contributed by atoms with Gasteiger partial charge in [-0.05, 0) is 49.4 Å². The van der Waals surface area contributed by atoms with E-state index < -0.39 is 4.92 Å². The molecule has 1 N–H and O–H groups in total. The van der Waals surface area contributed by atoms with Gasteiger partial charge in [-0.15, -0.1) is 23.7 Å². The molecule has 2 aromatic rings. The lowest BCUT2D eigenvalue weighted by Gasteiger charge is -2.39. The molecule has 0 unspecified atom stereocenters. The summed E-state index contributed by atoms with van der Waals surface area (Å²) in [6.45, 7) is 5.75. The summed E-state index contributed by atoms with van der Waals surface area (Å²) in [5, 5.41) is 15.7. The first-order chi connectivity index (χ1) is 12.0. The molecule has 1 aliphatic heterocycles. The molecule has 140 valence electrons. The monoisotopic (exact) mass is 395 g/mol. The maximum absolute atomic E-state index is 12.2. The van der Waals surface area contributed by atoms with Crippen LogP contribution in [0.2, 0.25) is 0 Å². The number of nitrogens with one attached hydrogen (secondary N) is 1. The highest BCUT2D eigenvalue weighted by molar-refractivity contribution is 7.10. The zero-order valence-corrected chi connectivity index (χ0v) is 16.3. The molecule has 1 aromatic carbocycles. The number of fused-ring (bicyclic) bond motifs is 1. The first-order valence-electron chi connectivity index (χ1n) is 8.32. The lowest BCUT2D eigenvalue weighted by atomic mass is 9.96. The Balaban J connectivity index is 0.00000243. The van der Waals surface area contributed by atoms with E-state index in [1.54, 1.807) is 0 Å². The summed E-state index contributed by atoms with van der Waals surface area (Å²) in [5.74, 6) is -0.205. The number of halogens is 1. The van der Waals surface area contributed by atoms with E-state index in [4.69, 9.17) is 0 Å². The largest absolute Gasteiger partial charge is 0.351 e. The van der Waals surface area contributed by atoms with Gasteiger partial charge in [0.2, 0.25) is 0 Å². The molecule has 1 aromatic heterocycles. The molecular formula is C18H22ClN3O3S. The Morgan fingerprint density at radius 2 is 2.00 bits per heavy atom. The summed E-state index contributed by atoms with van der Waals surface area (Å²) in [6, 6.07) is 8.65. The number of carbonyl (C=O) groups excluding carboxylic acids is 1. The molecule has 2 atom stereocenters. The molecule has 0 spiro atoms. The van der Waals surface area contributed by atoms with Crippen LogP contribution < -0.4 is 5.32 Å². The summed E-state index contributed by atoms with van der Waals surface area (Å²) in [6.07, 6.45) is 1.05. The zero-order chi connectivity index (χ0) is 18.0. The molecule has 26 heavy (non-hydrogen) atoms. The van der Waals surface area contributed by atoms with Gasteiger partial charge in [0.1, 0.15) is 0 Å². The van der Waals surface area contributed by atoms with Crippen molar-refractivity contribution in [1.29, 1.82) is 0 Å². The van der Waals surface area contributed by atoms with Crippen molar-refractivity contribution in [1.82, 2.24) is 10.2 Å². The summed E-state index contributed by atoms with van der Waals surface area (Å²) in [7, 11) is 0. The number of non-ortho nitro benzene ring substituents is 1. The number of amides is 1. The quantitative estimate of drug-likeness (QED) is 0.616. The van der Waals surface area contributed by atoms with E-state index in [0.29, 0.717) is 24.2 Å². The average molecular weight is 396 g/mol. The van der Waals surface area contributed by atoms with E-state index in [1.165, 1.54) is 34.7 Å². The fraction of sp³-hybridized carbons (Fsp3) is 0.389. The average Bonchev–Trinajstić information content (AvgIpc) is 3.06. The van der Waals surface area contributed by atoms with E-state index in [-0.39, 0.29) is 24.0 Å². The fourth-order valence-corrected chi connectivity index (χ4v) is 4.47. The maximum Gasteiger partial charge on any atom is 0.269 e. The summed E-state index contributed by atoms with van der Waals surface area (Å²) in [4.78, 5) is 26.2. The van der Waals surface area contributed by atoms with Gasteiger partial charge in [0, 0.05) is 47.7 Å². The first-order valence-corrected chi connectivity index (χ1v) is 9.20. The van der Waals surface area contributed by atoms with Crippen LogP contribution in [0.5, 0.6) is 0 Å². The van der Waals surface area contributed by atoms with Crippen LogP contribution in [0.25, 0.3) is 0 Å². The van der Waals surface area contributed by atoms with Crippen molar-refractivity contribution >= 4 is 35.3 Å². The van der Waals surface area contributed by atoms with Gasteiger partial charge in [-0.2, -0.15) is 0 Å². The SMILES string of the molecule is C[C@H]1Cc2sccc2[C@H](C)N1CCNC(=O)c1ccc([N+](=O)[O-])cc1.Cl. The van der Waals surface area contributed by atoms with E-state index in [0.717, 1.165) is 13.0 Å². The molecule has 2 heterocycles. The van der Waals surface area contributed by atoms with Crippen LogP contribution in [0.3, 0.4) is 0 Å². The number of nitro benzene ring substituents is 1. The normalized spacial score (nSPS) is 19.3. The zero-order valence-electron chi connectivity index (χ0n) is 14.7. The second kappa shape index (κ2) is 8.62. The van der Waals surface area contributed by atoms with Crippen LogP contribution in [-0.2, 0) is 6.42 Å². The standard InChI is InChI=1S/C18H21N3O3S.ClH/c1-12-11-17-16(7-10-25-17)13(2)20(12)9-8-19-18(22)14-3-5-15(6-4-14)21(23)24;/h3-7,10,12-13H,8-9,11H2,1-2H3,(H,19,22);1H/t12-,13-;/m0./s1. The topological polar surface area (TPSA) is 75.5 Å². The van der Waals surface area contributed by atoms with Gasteiger partial charge in [-0.3, -0.25) is 19.8 Å². The molecule has 0 saturated heterocycles. The van der Waals surface area contributed by atoms with Crippen LogP contribution in [0.1, 0.15) is 40.7 Å². The molecule has 6 nitrogen and oxygen atoms in total. The van der Waals surface area contributed by atoms with Gasteiger partial charge in [-0.25, -0.2) is 0 Å². The van der Waals surface area contributed by atoms with Crippen molar-refractivity contribution < 1.29 is 9.72 Å². The molecule has 3 rings (SSSR count). The maximum atomic E-state index is 12.2. The number of hydrogen-bond acceptors (Lipinski definition) is 5. The predicted octanol–water partition coefficient (Wildman–Crippen LogP) is 3.82. The number of benzene rings is 1. The molecule has 0 saturated carbocycles. The highest BCUT2D eigenvalue weighted by atomic mass is 35.5. The Kier molecular flexibility index (Phi) is 6.75. The number of nitrogens with zero attached hydrogens (tertiary/aromatic N) is 2. The minimum absolute atomic E-state index is 0. The van der Waals surface area contributed by atoms with Crippen LogP contribution in [0, 0.1) is 10.1 Å². The van der Waals surface area contributed by atoms with Gasteiger partial charge >= 0.3 is 0 Å². The summed E-state index contributed by atoms with van der Waals surface area (Å²) in [5.41, 5.74) is 1.81. The highest BCUT2D eigenvalue weighted by Crippen LogP contribution is 2.35. The summed E-state index contributed by atoms with van der Waals surface area (Å²) >= 11 is 1.82. The second-order valence-electron chi connectivity index (χ2n) is 6.33. The number of rotatable bonds is 5. The van der Waals surface area contributed by atoms with Crippen molar-refractivity contribution in [3.63, 3.8) is 0 Å². The Morgan fingerprint density at radius 3 is 2.65 bits per heavy atom. The van der Waals surface area contributed by atoms with Crippen molar-refractivity contribution in [2.24, 2.45) is 0 Å². The molecule has 0 aliphatic carbocycles. The minimum Gasteiger partial charge on any atom is -0.351 e. The Morgan fingerprint density at radius 1 is 1.31 bits per heavy atom. The first kappa shape index (κ1) is 20.4. The molecule has 1 aliphatic rings. The molecule has 8 heteroatoms. The van der Waals surface area contributed by atoms with Gasteiger partial charge in [-0.1, -0.05) is 0 Å². The van der Waals surface area contributed by atoms with E-state index in [1.807, 2.05) is 11.3 Å². The molecule has 0 fully saturated rings. The summed E-state index contributed by atoms with van der Waals surface area (Å²) < 4.78 is 0. The smallest absolute Gasteiger partial charge is 0.269 e. The number of thiophene rings is 1. The number of carbonyl (C=O) groups is 1. The van der Waals surface area contributed by atoms with E-state index in [9.17, 15) is 14.9 Å².